The topological polar surface area (TPSA) is 76.3 Å². The minimum Gasteiger partial charge on any atom is -0.368 e. The number of carbonyl (C=O) groups excluding carboxylic acids is 1. The smallest absolute Gasteiger partial charge is 0.279 e. The molecule has 168 valence electrons. The Morgan fingerprint density at radius 2 is 1.70 bits per heavy atom. The van der Waals surface area contributed by atoms with Gasteiger partial charge in [0.2, 0.25) is 0 Å². The van der Waals surface area contributed by atoms with Crippen molar-refractivity contribution >= 4 is 22.6 Å². The highest BCUT2D eigenvalue weighted by molar-refractivity contribution is 6.03. The fourth-order valence-corrected chi connectivity index (χ4v) is 4.45. The van der Waals surface area contributed by atoms with E-state index in [0.29, 0.717) is 29.8 Å². The normalized spacial score (nSPS) is 14.2. The molecule has 3 heterocycles. The molecule has 1 aliphatic heterocycles. The highest BCUT2D eigenvalue weighted by atomic mass is 16.2. The monoisotopic (exact) mass is 442 g/mol. The zero-order valence-corrected chi connectivity index (χ0v) is 19.0. The molecule has 5 rings (SSSR count). The maximum Gasteiger partial charge on any atom is 0.279 e. The van der Waals surface area contributed by atoms with Crippen LogP contribution in [0.4, 0.5) is 5.69 Å². The lowest BCUT2D eigenvalue weighted by Gasteiger charge is -2.36. The fourth-order valence-electron chi connectivity index (χ4n) is 4.45. The van der Waals surface area contributed by atoms with Crippen molar-refractivity contribution in [1.82, 2.24) is 24.2 Å². The van der Waals surface area contributed by atoms with Crippen LogP contribution in [0.25, 0.3) is 16.7 Å². The number of aryl methyl sites for hydroxylation is 3. The maximum absolute atomic E-state index is 13.5. The van der Waals surface area contributed by atoms with Gasteiger partial charge in [-0.2, -0.15) is 5.10 Å². The lowest BCUT2D eigenvalue weighted by atomic mass is 10.1. The molecule has 2 aromatic carbocycles. The van der Waals surface area contributed by atoms with Crippen molar-refractivity contribution in [3.8, 4) is 5.69 Å². The van der Waals surface area contributed by atoms with E-state index in [0.717, 1.165) is 13.1 Å². The highest BCUT2D eigenvalue weighted by Gasteiger charge is 2.29. The number of aromatic nitrogens is 4. The number of hydrogen-bond donors (Lipinski definition) is 0. The molecular weight excluding hydrogens is 416 g/mol. The molecule has 1 fully saturated rings. The van der Waals surface area contributed by atoms with Gasteiger partial charge < -0.3 is 14.4 Å². The molecule has 8 heteroatoms. The second-order valence-corrected chi connectivity index (χ2v) is 8.52. The minimum atomic E-state index is -0.241. The van der Waals surface area contributed by atoms with Gasteiger partial charge >= 0.3 is 0 Å². The Morgan fingerprint density at radius 1 is 0.970 bits per heavy atom. The Morgan fingerprint density at radius 3 is 2.39 bits per heavy atom. The predicted molar refractivity (Wildman–Crippen MR) is 128 cm³/mol. The first-order valence-corrected chi connectivity index (χ1v) is 11.1. The summed E-state index contributed by atoms with van der Waals surface area (Å²) >= 11 is 0. The van der Waals surface area contributed by atoms with Crippen LogP contribution in [0.3, 0.4) is 0 Å². The molecule has 2 aromatic heterocycles. The van der Waals surface area contributed by atoms with Gasteiger partial charge in [-0.25, -0.2) is 9.67 Å². The van der Waals surface area contributed by atoms with Gasteiger partial charge in [0.15, 0.2) is 11.2 Å². The van der Waals surface area contributed by atoms with Crippen molar-refractivity contribution in [3.63, 3.8) is 0 Å². The van der Waals surface area contributed by atoms with Crippen molar-refractivity contribution in [2.45, 2.75) is 13.8 Å². The molecule has 1 amide bonds. The van der Waals surface area contributed by atoms with E-state index >= 15 is 0 Å². The summed E-state index contributed by atoms with van der Waals surface area (Å²) in [5.41, 5.74) is 5.02. The van der Waals surface area contributed by atoms with Crippen molar-refractivity contribution in [3.05, 3.63) is 82.0 Å². The zero-order chi connectivity index (χ0) is 23.1. The molecule has 0 aliphatic carbocycles. The van der Waals surface area contributed by atoms with Crippen LogP contribution in [0.15, 0.2) is 59.7 Å². The number of carbonyl (C=O) groups is 1. The Balaban J connectivity index is 1.46. The Labute approximate surface area is 191 Å². The van der Waals surface area contributed by atoms with Gasteiger partial charge in [-0.15, -0.1) is 0 Å². The summed E-state index contributed by atoms with van der Waals surface area (Å²) in [6.45, 7) is 6.85. The van der Waals surface area contributed by atoms with E-state index in [1.807, 2.05) is 30.3 Å². The van der Waals surface area contributed by atoms with Gasteiger partial charge in [0.05, 0.1) is 12.0 Å². The van der Waals surface area contributed by atoms with Gasteiger partial charge in [0, 0.05) is 38.9 Å². The molecule has 33 heavy (non-hydrogen) atoms. The van der Waals surface area contributed by atoms with E-state index < -0.39 is 0 Å². The standard InChI is InChI=1S/C25H26N6O2/c1-17-9-10-20(18(2)15-17)29-11-13-30(14-12-29)24(32)22-21-23(25(33)28(3)16-26-21)31(27-22)19-7-5-4-6-8-19/h4-10,15-16H,11-14H2,1-3H3. The van der Waals surface area contributed by atoms with Gasteiger partial charge in [0.25, 0.3) is 11.5 Å². The fraction of sp³-hybridized carbons (Fsp3) is 0.280. The molecule has 0 bridgehead atoms. The van der Waals surface area contributed by atoms with Crippen LogP contribution < -0.4 is 10.5 Å². The van der Waals surface area contributed by atoms with Crippen LogP contribution in [0, 0.1) is 13.8 Å². The summed E-state index contributed by atoms with van der Waals surface area (Å²) < 4.78 is 2.93. The third kappa shape index (κ3) is 3.67. The van der Waals surface area contributed by atoms with E-state index in [1.54, 1.807) is 11.9 Å². The van der Waals surface area contributed by atoms with Crippen LogP contribution in [-0.2, 0) is 7.05 Å². The van der Waals surface area contributed by atoms with Crippen LogP contribution in [0.5, 0.6) is 0 Å². The molecule has 0 unspecified atom stereocenters. The van der Waals surface area contributed by atoms with Gasteiger partial charge in [-0.05, 0) is 37.6 Å². The maximum atomic E-state index is 13.5. The van der Waals surface area contributed by atoms with E-state index in [-0.39, 0.29) is 17.2 Å². The van der Waals surface area contributed by atoms with E-state index in [4.69, 9.17) is 0 Å². The number of hydrogen-bond acceptors (Lipinski definition) is 5. The number of nitrogens with zero attached hydrogens (tertiary/aromatic N) is 6. The van der Waals surface area contributed by atoms with E-state index in [2.05, 4.69) is 47.0 Å². The molecule has 1 saturated heterocycles. The summed E-state index contributed by atoms with van der Waals surface area (Å²) in [6, 6.07) is 15.8. The number of rotatable bonds is 3. The Hall–Kier alpha value is -3.94. The predicted octanol–water partition coefficient (Wildman–Crippen LogP) is 2.70. The zero-order valence-electron chi connectivity index (χ0n) is 19.0. The van der Waals surface area contributed by atoms with Gasteiger partial charge in [-0.3, -0.25) is 9.59 Å². The number of benzene rings is 2. The van der Waals surface area contributed by atoms with Crippen LogP contribution in [0.1, 0.15) is 21.6 Å². The largest absolute Gasteiger partial charge is 0.368 e. The minimum absolute atomic E-state index is 0.198. The van der Waals surface area contributed by atoms with Crippen molar-refractivity contribution in [1.29, 1.82) is 0 Å². The molecule has 1 aliphatic rings. The van der Waals surface area contributed by atoms with Gasteiger partial charge in [0.1, 0.15) is 5.52 Å². The van der Waals surface area contributed by atoms with Crippen LogP contribution in [-0.4, -0.2) is 56.3 Å². The molecular formula is C25H26N6O2. The lowest BCUT2D eigenvalue weighted by Crippen LogP contribution is -2.49. The molecule has 0 spiro atoms. The van der Waals surface area contributed by atoms with E-state index in [9.17, 15) is 9.59 Å². The van der Waals surface area contributed by atoms with Crippen molar-refractivity contribution < 1.29 is 4.79 Å². The second-order valence-electron chi connectivity index (χ2n) is 8.52. The molecule has 8 nitrogen and oxygen atoms in total. The summed E-state index contributed by atoms with van der Waals surface area (Å²) in [5, 5.41) is 4.57. The molecule has 0 radical (unpaired) electrons. The molecule has 0 saturated carbocycles. The molecule has 4 aromatic rings. The number of para-hydroxylation sites is 1. The quantitative estimate of drug-likeness (QED) is 0.488. The van der Waals surface area contributed by atoms with Crippen molar-refractivity contribution in [2.75, 3.05) is 31.1 Å². The Bertz CT molecular complexity index is 1400. The summed E-state index contributed by atoms with van der Waals surface area (Å²) in [7, 11) is 1.64. The van der Waals surface area contributed by atoms with E-state index in [1.165, 1.54) is 32.4 Å². The number of anilines is 1. The average Bonchev–Trinajstić information content (AvgIpc) is 3.22. The van der Waals surface area contributed by atoms with Crippen molar-refractivity contribution in [2.24, 2.45) is 7.05 Å². The lowest BCUT2D eigenvalue weighted by molar-refractivity contribution is 0.0742. The SMILES string of the molecule is Cc1ccc(N2CCN(C(=O)c3nn(-c4ccccc4)c4c(=O)n(C)cnc34)CC2)c(C)c1. The summed E-state index contributed by atoms with van der Waals surface area (Å²) in [5.74, 6) is -0.198. The number of piperazine rings is 1. The Kier molecular flexibility index (Phi) is 5.20. The third-order valence-corrected chi connectivity index (χ3v) is 6.21. The average molecular weight is 443 g/mol. The highest BCUT2D eigenvalue weighted by Crippen LogP contribution is 2.24. The number of fused-ring (bicyclic) bond motifs is 1. The molecule has 0 N–H and O–H groups in total. The first-order valence-electron chi connectivity index (χ1n) is 11.1. The molecule has 0 atom stereocenters. The second kappa shape index (κ2) is 8.20. The first kappa shape index (κ1) is 20.9. The number of amides is 1. The third-order valence-electron chi connectivity index (χ3n) is 6.21. The van der Waals surface area contributed by atoms with Gasteiger partial charge in [-0.1, -0.05) is 35.9 Å². The summed E-state index contributed by atoms with van der Waals surface area (Å²) in [6.07, 6.45) is 1.44. The van der Waals surface area contributed by atoms with Crippen LogP contribution in [0.2, 0.25) is 0 Å². The first-order chi connectivity index (χ1) is 15.9. The van der Waals surface area contributed by atoms with Crippen LogP contribution >= 0.6 is 0 Å². The summed E-state index contributed by atoms with van der Waals surface area (Å²) in [4.78, 5) is 34.9.